The van der Waals surface area contributed by atoms with Crippen LogP contribution in [0.4, 0.5) is 48.2 Å². The van der Waals surface area contributed by atoms with E-state index in [9.17, 15) is 35.9 Å². The Morgan fingerprint density at radius 1 is 1.00 bits per heavy atom. The van der Waals surface area contributed by atoms with Crippen LogP contribution in [-0.2, 0) is 17.5 Å². The maximum atomic E-state index is 13.0. The molecule has 3 amide bonds. The highest BCUT2D eigenvalue weighted by molar-refractivity contribution is 6.31. The van der Waals surface area contributed by atoms with E-state index in [-0.39, 0.29) is 11.4 Å². The van der Waals surface area contributed by atoms with Crippen LogP contribution in [0, 0.1) is 0 Å². The number of aliphatic carboxylic acids is 1. The lowest BCUT2D eigenvalue weighted by Crippen LogP contribution is -2.21. The monoisotopic (exact) mass is 566 g/mol. The molecule has 0 fully saturated rings. The highest BCUT2D eigenvalue weighted by Crippen LogP contribution is 2.36. The standard InChI is InChI=1S/C19H16ClF3N6O2.C2HF3O2/c20-14-5-4-12(7-13(14)19(21,22)23)28-18(31)27-11-3-1-2-10(6-11)8-25-15-9-26-29-16(15)17(24)30;3-2(4,5)1(6)7/h1-7,9,25H,8H2,(H2,24,30)(H,26,29)(H2,27,28,31);(H,6,7). The minimum absolute atomic E-state index is 0.0639. The lowest BCUT2D eigenvalue weighted by molar-refractivity contribution is -0.192. The van der Waals surface area contributed by atoms with Gasteiger partial charge in [0, 0.05) is 24.1 Å². The number of nitrogens with two attached hydrogens (primary N) is 1. The fourth-order valence-corrected chi connectivity index (χ4v) is 2.91. The van der Waals surface area contributed by atoms with Crippen LogP contribution in [0.25, 0.3) is 0 Å². The molecule has 0 spiro atoms. The summed E-state index contributed by atoms with van der Waals surface area (Å²) >= 11 is 5.57. The van der Waals surface area contributed by atoms with E-state index in [1.54, 1.807) is 24.3 Å². The van der Waals surface area contributed by atoms with Crippen LogP contribution in [0.3, 0.4) is 0 Å². The molecule has 2 aromatic carbocycles. The van der Waals surface area contributed by atoms with E-state index in [0.717, 1.165) is 17.7 Å². The molecule has 0 saturated carbocycles. The number of carbonyl (C=O) groups excluding carboxylic acids is 2. The summed E-state index contributed by atoms with van der Waals surface area (Å²) in [6.07, 6.45) is -8.24. The Labute approximate surface area is 214 Å². The first kappa shape index (κ1) is 29.8. The summed E-state index contributed by atoms with van der Waals surface area (Å²) in [4.78, 5) is 32.4. The molecule has 0 radical (unpaired) electrons. The average Bonchev–Trinajstić information content (AvgIpc) is 3.27. The number of H-pyrrole nitrogens is 1. The number of rotatable bonds is 6. The summed E-state index contributed by atoms with van der Waals surface area (Å²) in [5.41, 5.74) is 5.76. The Morgan fingerprint density at radius 2 is 1.61 bits per heavy atom. The lowest BCUT2D eigenvalue weighted by Gasteiger charge is -2.13. The molecule has 3 aromatic rings. The maximum Gasteiger partial charge on any atom is 0.490 e. The molecule has 17 heteroatoms. The van der Waals surface area contributed by atoms with Crippen molar-refractivity contribution in [3.63, 3.8) is 0 Å². The molecular formula is C21H17ClF6N6O4. The molecule has 0 unspecified atom stereocenters. The van der Waals surface area contributed by atoms with Crippen molar-refractivity contribution in [2.75, 3.05) is 16.0 Å². The zero-order chi connectivity index (χ0) is 28.7. The van der Waals surface area contributed by atoms with Crippen LogP contribution >= 0.6 is 11.6 Å². The number of alkyl halides is 6. The summed E-state index contributed by atoms with van der Waals surface area (Å²) < 4.78 is 70.6. The van der Waals surface area contributed by atoms with E-state index < -0.39 is 40.8 Å². The number of aromatic nitrogens is 2. The predicted molar refractivity (Wildman–Crippen MR) is 124 cm³/mol. The SMILES string of the molecule is NC(=O)c1n[nH]cc1NCc1cccc(NC(=O)Nc2ccc(Cl)c(C(F)(F)F)c2)c1.O=C(O)C(F)(F)F. The van der Waals surface area contributed by atoms with Crippen molar-refractivity contribution < 1.29 is 45.8 Å². The summed E-state index contributed by atoms with van der Waals surface area (Å²) in [5.74, 6) is -3.45. The van der Waals surface area contributed by atoms with E-state index in [0.29, 0.717) is 17.9 Å². The summed E-state index contributed by atoms with van der Waals surface area (Å²) in [6, 6.07) is 9.06. The van der Waals surface area contributed by atoms with Gasteiger partial charge in [-0.25, -0.2) is 9.59 Å². The van der Waals surface area contributed by atoms with Gasteiger partial charge in [-0.2, -0.15) is 31.4 Å². The molecule has 0 saturated heterocycles. The number of nitrogens with zero attached hydrogens (tertiary/aromatic N) is 1. The van der Waals surface area contributed by atoms with E-state index >= 15 is 0 Å². The van der Waals surface area contributed by atoms with Crippen LogP contribution in [0.5, 0.6) is 0 Å². The molecule has 3 rings (SSSR count). The van der Waals surface area contributed by atoms with Crippen molar-refractivity contribution >= 4 is 46.6 Å². The Hall–Kier alpha value is -4.47. The predicted octanol–water partition coefficient (Wildman–Crippen LogP) is 5.07. The van der Waals surface area contributed by atoms with Gasteiger partial charge in [-0.15, -0.1) is 0 Å². The Morgan fingerprint density at radius 3 is 2.16 bits per heavy atom. The molecule has 1 heterocycles. The first-order valence-corrected chi connectivity index (χ1v) is 10.4. The van der Waals surface area contributed by atoms with Crippen LogP contribution in [0.15, 0.2) is 48.7 Å². The number of carboxylic acids is 1. The van der Waals surface area contributed by atoms with Crippen LogP contribution < -0.4 is 21.7 Å². The number of hydrogen-bond acceptors (Lipinski definition) is 5. The second-order valence-electron chi connectivity index (χ2n) is 7.14. The minimum atomic E-state index is -5.08. The first-order chi connectivity index (χ1) is 17.6. The fraction of sp³-hybridized carbons (Fsp3) is 0.143. The van der Waals surface area contributed by atoms with Crippen molar-refractivity contribution in [2.45, 2.75) is 18.9 Å². The number of halogens is 7. The van der Waals surface area contributed by atoms with Gasteiger partial charge in [0.25, 0.3) is 5.91 Å². The second-order valence-corrected chi connectivity index (χ2v) is 7.55. The third-order valence-corrected chi connectivity index (χ3v) is 4.64. The van der Waals surface area contributed by atoms with Crippen LogP contribution in [0.2, 0.25) is 5.02 Å². The van der Waals surface area contributed by atoms with Crippen molar-refractivity contribution in [3.8, 4) is 0 Å². The summed E-state index contributed by atoms with van der Waals surface area (Å²) in [6.45, 7) is 0.295. The van der Waals surface area contributed by atoms with Gasteiger partial charge in [0.2, 0.25) is 0 Å². The largest absolute Gasteiger partial charge is 0.490 e. The number of carbonyl (C=O) groups is 3. The van der Waals surface area contributed by atoms with Gasteiger partial charge >= 0.3 is 24.4 Å². The Bertz CT molecular complexity index is 1310. The third kappa shape index (κ3) is 8.88. The number of amides is 3. The van der Waals surface area contributed by atoms with Gasteiger partial charge in [0.1, 0.15) is 0 Å². The Balaban J connectivity index is 0.000000638. The van der Waals surface area contributed by atoms with Crippen LogP contribution in [-0.4, -0.2) is 39.4 Å². The zero-order valence-electron chi connectivity index (χ0n) is 18.7. The second kappa shape index (κ2) is 12.2. The normalized spacial score (nSPS) is 11.1. The molecule has 0 aliphatic heterocycles. The van der Waals surface area contributed by atoms with E-state index in [4.69, 9.17) is 27.2 Å². The number of anilines is 3. The van der Waals surface area contributed by atoms with Crippen molar-refractivity contribution in [1.29, 1.82) is 0 Å². The maximum absolute atomic E-state index is 13.0. The Kier molecular flexibility index (Phi) is 9.54. The average molecular weight is 567 g/mol. The molecule has 0 atom stereocenters. The number of urea groups is 1. The summed E-state index contributed by atoms with van der Waals surface area (Å²) in [5, 5.41) is 20.8. The summed E-state index contributed by atoms with van der Waals surface area (Å²) in [7, 11) is 0. The number of hydrogen-bond donors (Lipinski definition) is 6. The highest BCUT2D eigenvalue weighted by atomic mass is 35.5. The van der Waals surface area contributed by atoms with Gasteiger partial charge in [0.05, 0.1) is 16.3 Å². The molecule has 7 N–H and O–H groups in total. The molecule has 204 valence electrons. The topological polar surface area (TPSA) is 162 Å². The van der Waals surface area contributed by atoms with E-state index in [1.165, 1.54) is 12.3 Å². The number of benzene rings is 2. The highest BCUT2D eigenvalue weighted by Gasteiger charge is 2.38. The number of aromatic amines is 1. The van der Waals surface area contributed by atoms with Gasteiger partial charge < -0.3 is 26.8 Å². The van der Waals surface area contributed by atoms with E-state index in [1.807, 2.05) is 0 Å². The molecule has 38 heavy (non-hydrogen) atoms. The van der Waals surface area contributed by atoms with Crippen molar-refractivity contribution in [1.82, 2.24) is 10.2 Å². The molecule has 10 nitrogen and oxygen atoms in total. The third-order valence-electron chi connectivity index (χ3n) is 4.31. The van der Waals surface area contributed by atoms with Crippen LogP contribution in [0.1, 0.15) is 21.6 Å². The first-order valence-electron chi connectivity index (χ1n) is 9.99. The van der Waals surface area contributed by atoms with Gasteiger partial charge in [-0.05, 0) is 35.9 Å². The van der Waals surface area contributed by atoms with Gasteiger partial charge in [0.15, 0.2) is 5.69 Å². The molecule has 0 bridgehead atoms. The molecular weight excluding hydrogens is 550 g/mol. The van der Waals surface area contributed by atoms with Gasteiger partial charge in [-0.3, -0.25) is 9.89 Å². The van der Waals surface area contributed by atoms with Gasteiger partial charge in [-0.1, -0.05) is 23.7 Å². The van der Waals surface area contributed by atoms with Crippen molar-refractivity contribution in [3.05, 3.63) is 70.5 Å². The fourth-order valence-electron chi connectivity index (χ4n) is 2.68. The number of primary amides is 1. The van der Waals surface area contributed by atoms with Crippen molar-refractivity contribution in [2.24, 2.45) is 5.73 Å². The zero-order valence-corrected chi connectivity index (χ0v) is 19.4. The lowest BCUT2D eigenvalue weighted by atomic mass is 10.2. The van der Waals surface area contributed by atoms with E-state index in [2.05, 4.69) is 26.1 Å². The number of nitrogens with one attached hydrogen (secondary N) is 4. The minimum Gasteiger partial charge on any atom is -0.475 e. The molecule has 0 aliphatic rings. The smallest absolute Gasteiger partial charge is 0.475 e. The number of carboxylic acid groups (broad SMARTS) is 1. The molecule has 0 aliphatic carbocycles. The molecule has 1 aromatic heterocycles. The quantitative estimate of drug-likeness (QED) is 0.228.